The molecular formula is C26H21Cl2F2N3S. The van der Waals surface area contributed by atoms with Gasteiger partial charge in [-0.3, -0.25) is 9.55 Å². The predicted octanol–water partition coefficient (Wildman–Crippen LogP) is 7.92. The van der Waals surface area contributed by atoms with Crippen LogP contribution in [-0.2, 0) is 12.2 Å². The van der Waals surface area contributed by atoms with Gasteiger partial charge in [0, 0.05) is 34.1 Å². The van der Waals surface area contributed by atoms with Gasteiger partial charge in [-0.25, -0.2) is 13.8 Å². The molecule has 174 valence electrons. The van der Waals surface area contributed by atoms with Gasteiger partial charge in [0.15, 0.2) is 5.16 Å². The zero-order valence-corrected chi connectivity index (χ0v) is 20.7. The van der Waals surface area contributed by atoms with Crippen LogP contribution in [0, 0.1) is 18.6 Å². The molecule has 34 heavy (non-hydrogen) atoms. The van der Waals surface area contributed by atoms with Crippen LogP contribution < -0.4 is 0 Å². The Bertz CT molecular complexity index is 1330. The molecule has 2 aromatic heterocycles. The van der Waals surface area contributed by atoms with E-state index in [1.165, 1.54) is 35.7 Å². The molecule has 8 heteroatoms. The van der Waals surface area contributed by atoms with Gasteiger partial charge >= 0.3 is 0 Å². The fourth-order valence-electron chi connectivity index (χ4n) is 4.46. The number of hydrogen-bond donors (Lipinski definition) is 0. The lowest BCUT2D eigenvalue weighted by Gasteiger charge is -2.25. The summed E-state index contributed by atoms with van der Waals surface area (Å²) in [7, 11) is 0. The molecule has 0 saturated carbocycles. The Morgan fingerprint density at radius 2 is 1.85 bits per heavy atom. The van der Waals surface area contributed by atoms with E-state index in [4.69, 9.17) is 28.2 Å². The van der Waals surface area contributed by atoms with E-state index < -0.39 is 5.82 Å². The minimum absolute atomic E-state index is 0.118. The highest BCUT2D eigenvalue weighted by Gasteiger charge is 2.30. The highest BCUT2D eigenvalue weighted by molar-refractivity contribution is 7.98. The quantitative estimate of drug-likeness (QED) is 0.253. The highest BCUT2D eigenvalue weighted by Crippen LogP contribution is 2.42. The highest BCUT2D eigenvalue weighted by atomic mass is 35.5. The van der Waals surface area contributed by atoms with Gasteiger partial charge in [0.2, 0.25) is 0 Å². The first-order chi connectivity index (χ1) is 16.4. The average molecular weight is 516 g/mol. The Kier molecular flexibility index (Phi) is 6.65. The Hall–Kier alpha value is -2.41. The van der Waals surface area contributed by atoms with Crippen LogP contribution in [0.1, 0.15) is 46.8 Å². The van der Waals surface area contributed by atoms with Crippen molar-refractivity contribution in [1.82, 2.24) is 14.5 Å². The van der Waals surface area contributed by atoms with Gasteiger partial charge in [0.1, 0.15) is 11.6 Å². The van der Waals surface area contributed by atoms with Crippen LogP contribution in [0.4, 0.5) is 8.78 Å². The second kappa shape index (κ2) is 9.68. The molecular weight excluding hydrogens is 495 g/mol. The van der Waals surface area contributed by atoms with E-state index in [0.717, 1.165) is 58.3 Å². The SMILES string of the molecule is Cc1cc(C2CCCc3nc(SCc4c(F)cncc4Cl)n(-c4ccc(F)cc4)c32)ccc1Cl. The lowest BCUT2D eigenvalue weighted by Crippen LogP contribution is -2.15. The van der Waals surface area contributed by atoms with Crippen molar-refractivity contribution in [1.29, 1.82) is 0 Å². The van der Waals surface area contributed by atoms with Gasteiger partial charge in [-0.1, -0.05) is 47.1 Å². The van der Waals surface area contributed by atoms with Gasteiger partial charge in [0.25, 0.3) is 0 Å². The Balaban J connectivity index is 1.62. The van der Waals surface area contributed by atoms with Gasteiger partial charge < -0.3 is 0 Å². The molecule has 1 aliphatic rings. The average Bonchev–Trinajstić information content (AvgIpc) is 3.19. The molecule has 2 heterocycles. The van der Waals surface area contributed by atoms with Crippen molar-refractivity contribution in [3.05, 3.63) is 105 Å². The molecule has 0 radical (unpaired) electrons. The lowest BCUT2D eigenvalue weighted by molar-refractivity contribution is 0.586. The van der Waals surface area contributed by atoms with Crippen LogP contribution >= 0.6 is 35.0 Å². The Morgan fingerprint density at radius 3 is 2.59 bits per heavy atom. The topological polar surface area (TPSA) is 30.7 Å². The lowest BCUT2D eigenvalue weighted by atomic mass is 9.83. The van der Waals surface area contributed by atoms with Gasteiger partial charge in [-0.05, 0) is 67.6 Å². The summed E-state index contributed by atoms with van der Waals surface area (Å²) < 4.78 is 30.2. The molecule has 0 N–H and O–H groups in total. The van der Waals surface area contributed by atoms with E-state index in [2.05, 4.69) is 21.7 Å². The van der Waals surface area contributed by atoms with Gasteiger partial charge in [-0.2, -0.15) is 0 Å². The normalized spacial score (nSPS) is 15.4. The maximum Gasteiger partial charge on any atom is 0.173 e. The number of nitrogens with zero attached hydrogens (tertiary/aromatic N) is 3. The molecule has 1 atom stereocenters. The van der Waals surface area contributed by atoms with E-state index >= 15 is 0 Å². The van der Waals surface area contributed by atoms with E-state index in [1.807, 2.05) is 13.0 Å². The molecule has 3 nitrogen and oxygen atoms in total. The standard InChI is InChI=1S/C26H21Cl2F2N3S/c1-15-11-16(5-10-21(15)27)19-3-2-4-24-25(19)33(18-8-6-17(29)7-9-18)26(32-24)34-14-20-22(28)12-31-13-23(20)30/h5-13,19H,2-4,14H2,1H3. The Labute approximate surface area is 211 Å². The number of imidazole rings is 1. The summed E-state index contributed by atoms with van der Waals surface area (Å²) in [6.45, 7) is 2.00. The zero-order valence-electron chi connectivity index (χ0n) is 18.4. The fraction of sp³-hybridized carbons (Fsp3) is 0.231. The van der Waals surface area contributed by atoms with Crippen molar-refractivity contribution in [2.45, 2.75) is 43.0 Å². The minimum atomic E-state index is -0.445. The van der Waals surface area contributed by atoms with Crippen LogP contribution in [0.5, 0.6) is 0 Å². The number of halogens is 4. The van der Waals surface area contributed by atoms with Crippen LogP contribution in [0.25, 0.3) is 5.69 Å². The van der Waals surface area contributed by atoms with Crippen molar-refractivity contribution in [3.63, 3.8) is 0 Å². The van der Waals surface area contributed by atoms with E-state index in [-0.39, 0.29) is 16.8 Å². The number of thioether (sulfide) groups is 1. The van der Waals surface area contributed by atoms with Gasteiger partial charge in [0.05, 0.1) is 22.6 Å². The first-order valence-electron chi connectivity index (χ1n) is 11.0. The third-order valence-corrected chi connectivity index (χ3v) is 7.88. The minimum Gasteiger partial charge on any atom is -0.291 e. The molecule has 0 amide bonds. The third kappa shape index (κ3) is 4.47. The predicted molar refractivity (Wildman–Crippen MR) is 133 cm³/mol. The van der Waals surface area contributed by atoms with E-state index in [0.29, 0.717) is 11.3 Å². The number of rotatable bonds is 5. The molecule has 0 saturated heterocycles. The molecule has 0 spiro atoms. The largest absolute Gasteiger partial charge is 0.291 e. The van der Waals surface area contributed by atoms with Crippen molar-refractivity contribution < 1.29 is 8.78 Å². The summed E-state index contributed by atoms with van der Waals surface area (Å²) >= 11 is 13.9. The summed E-state index contributed by atoms with van der Waals surface area (Å²) in [4.78, 5) is 8.77. The van der Waals surface area contributed by atoms with Crippen molar-refractivity contribution in [2.75, 3.05) is 0 Å². The third-order valence-electron chi connectivity index (χ3n) is 6.16. The number of benzene rings is 2. The fourth-order valence-corrected chi connectivity index (χ4v) is 5.95. The van der Waals surface area contributed by atoms with Crippen LogP contribution in [0.3, 0.4) is 0 Å². The molecule has 1 aliphatic carbocycles. The molecule has 0 bridgehead atoms. The Morgan fingerprint density at radius 1 is 1.06 bits per heavy atom. The van der Waals surface area contributed by atoms with Crippen LogP contribution in [0.15, 0.2) is 60.0 Å². The molecule has 4 aromatic rings. The second-order valence-corrected chi connectivity index (χ2v) is 10.1. The number of fused-ring (bicyclic) bond motifs is 1. The molecule has 0 aliphatic heterocycles. The zero-order chi connectivity index (χ0) is 23.8. The summed E-state index contributed by atoms with van der Waals surface area (Å²) in [5, 5.41) is 1.74. The molecule has 2 aromatic carbocycles. The van der Waals surface area contributed by atoms with Crippen molar-refractivity contribution >= 4 is 35.0 Å². The van der Waals surface area contributed by atoms with E-state index in [9.17, 15) is 8.78 Å². The molecule has 5 rings (SSSR count). The summed E-state index contributed by atoms with van der Waals surface area (Å²) in [6.07, 6.45) is 5.43. The second-order valence-electron chi connectivity index (χ2n) is 8.36. The first-order valence-corrected chi connectivity index (χ1v) is 12.7. The summed E-state index contributed by atoms with van der Waals surface area (Å²) in [5.41, 5.74) is 5.50. The first kappa shape index (κ1) is 23.3. The summed E-state index contributed by atoms with van der Waals surface area (Å²) in [5.74, 6) is -0.330. The maximum absolute atomic E-state index is 14.4. The number of aryl methyl sites for hydroxylation is 2. The number of pyridine rings is 1. The van der Waals surface area contributed by atoms with Crippen molar-refractivity contribution in [3.8, 4) is 5.69 Å². The van der Waals surface area contributed by atoms with Crippen molar-refractivity contribution in [2.24, 2.45) is 0 Å². The smallest absolute Gasteiger partial charge is 0.173 e. The van der Waals surface area contributed by atoms with E-state index in [1.54, 1.807) is 12.1 Å². The summed E-state index contributed by atoms with van der Waals surface area (Å²) in [6, 6.07) is 12.5. The van der Waals surface area contributed by atoms with Crippen LogP contribution in [0.2, 0.25) is 10.0 Å². The van der Waals surface area contributed by atoms with Gasteiger partial charge in [-0.15, -0.1) is 0 Å². The number of aromatic nitrogens is 3. The molecule has 0 fully saturated rings. The molecule has 1 unspecified atom stereocenters. The van der Waals surface area contributed by atoms with Crippen LogP contribution in [-0.4, -0.2) is 14.5 Å². The number of hydrogen-bond acceptors (Lipinski definition) is 3. The maximum atomic E-state index is 14.4. The monoisotopic (exact) mass is 515 g/mol.